The molecule has 4 nitrogen and oxygen atoms in total. The maximum atomic E-state index is 12.5. The van der Waals surface area contributed by atoms with Crippen LogP contribution in [0.15, 0.2) is 17.3 Å². The van der Waals surface area contributed by atoms with Crippen molar-refractivity contribution < 1.29 is 30.4 Å². The second kappa shape index (κ2) is 4.65. The van der Waals surface area contributed by atoms with Crippen LogP contribution in [0.4, 0.5) is 22.0 Å². The molecule has 0 saturated heterocycles. The van der Waals surface area contributed by atoms with Crippen LogP contribution < -0.4 is 0 Å². The highest BCUT2D eigenvalue weighted by Gasteiger charge is 2.56. The Labute approximate surface area is 103 Å². The predicted octanol–water partition coefficient (Wildman–Crippen LogP) is 2.40. The van der Waals surface area contributed by atoms with Crippen LogP contribution in [0.2, 0.25) is 0 Å². The minimum Gasteiger partial charge on any atom is -0.271 e. The highest BCUT2D eigenvalue weighted by atomic mass is 35.7. The van der Waals surface area contributed by atoms with Crippen LogP contribution in [-0.2, 0) is 15.6 Å². The molecular formula is C7H6ClF5N2O2S. The van der Waals surface area contributed by atoms with E-state index in [1.54, 1.807) is 0 Å². The lowest BCUT2D eigenvalue weighted by Crippen LogP contribution is -2.37. The van der Waals surface area contributed by atoms with Crippen LogP contribution >= 0.6 is 10.7 Å². The molecule has 1 aromatic heterocycles. The van der Waals surface area contributed by atoms with Gasteiger partial charge in [-0.15, -0.1) is 0 Å². The van der Waals surface area contributed by atoms with Crippen molar-refractivity contribution in [2.45, 2.75) is 30.0 Å². The van der Waals surface area contributed by atoms with Crippen molar-refractivity contribution in [3.05, 3.63) is 12.4 Å². The summed E-state index contributed by atoms with van der Waals surface area (Å²) in [6.07, 6.45) is -5.66. The molecule has 0 saturated carbocycles. The molecule has 0 fully saturated rings. The van der Waals surface area contributed by atoms with Crippen LogP contribution in [0.25, 0.3) is 0 Å². The van der Waals surface area contributed by atoms with Crippen molar-refractivity contribution in [2.75, 3.05) is 0 Å². The predicted molar refractivity (Wildman–Crippen MR) is 50.9 cm³/mol. The molecule has 0 unspecified atom stereocenters. The monoisotopic (exact) mass is 312 g/mol. The van der Waals surface area contributed by atoms with Crippen LogP contribution in [0.1, 0.15) is 6.42 Å². The van der Waals surface area contributed by atoms with E-state index in [9.17, 15) is 30.4 Å². The summed E-state index contributed by atoms with van der Waals surface area (Å²) in [4.78, 5) is -0.473. The minimum atomic E-state index is -5.65. The molecule has 0 radical (unpaired) electrons. The van der Waals surface area contributed by atoms with Crippen molar-refractivity contribution in [1.82, 2.24) is 9.78 Å². The lowest BCUT2D eigenvalue weighted by molar-refractivity contribution is -0.285. The topological polar surface area (TPSA) is 52.0 Å². The molecule has 18 heavy (non-hydrogen) atoms. The molecule has 1 rings (SSSR count). The Kier molecular flexibility index (Phi) is 3.92. The van der Waals surface area contributed by atoms with Crippen molar-refractivity contribution in [3.63, 3.8) is 0 Å². The third-order valence-electron chi connectivity index (χ3n) is 1.96. The average Bonchev–Trinajstić information content (AvgIpc) is 2.60. The maximum Gasteiger partial charge on any atom is 0.453 e. The van der Waals surface area contributed by atoms with Crippen molar-refractivity contribution in [1.29, 1.82) is 0 Å². The summed E-state index contributed by atoms with van der Waals surface area (Å²) in [6.45, 7) is -0.793. The fraction of sp³-hybridized carbons (Fsp3) is 0.571. The normalized spacial score (nSPS) is 13.9. The number of alkyl halides is 5. The van der Waals surface area contributed by atoms with E-state index in [1.165, 1.54) is 0 Å². The second-order valence-corrected chi connectivity index (χ2v) is 5.90. The third kappa shape index (κ3) is 3.55. The first kappa shape index (κ1) is 15.2. The summed E-state index contributed by atoms with van der Waals surface area (Å²) < 4.78 is 82.8. The first-order chi connectivity index (χ1) is 7.93. The number of aromatic nitrogens is 2. The fourth-order valence-corrected chi connectivity index (χ4v) is 1.65. The van der Waals surface area contributed by atoms with Gasteiger partial charge >= 0.3 is 12.1 Å². The highest BCUT2D eigenvalue weighted by Crippen LogP contribution is 2.38. The first-order valence-corrected chi connectivity index (χ1v) is 6.66. The Morgan fingerprint density at radius 1 is 1.28 bits per heavy atom. The summed E-state index contributed by atoms with van der Waals surface area (Å²) in [6, 6.07) is 0. The lowest BCUT2D eigenvalue weighted by atomic mass is 10.2. The fourth-order valence-electron chi connectivity index (χ4n) is 0.989. The Bertz CT molecular complexity index is 524. The lowest BCUT2D eigenvalue weighted by Gasteiger charge is -2.19. The van der Waals surface area contributed by atoms with Gasteiger partial charge in [0.05, 0.1) is 6.20 Å². The summed E-state index contributed by atoms with van der Waals surface area (Å²) in [5.74, 6) is -4.86. The number of hydrogen-bond acceptors (Lipinski definition) is 3. The SMILES string of the molecule is O=S(=O)(Cl)c1cnn(CCC(F)(F)C(F)(F)F)c1. The van der Waals surface area contributed by atoms with E-state index in [-0.39, 0.29) is 0 Å². The molecule has 0 bridgehead atoms. The molecular weight excluding hydrogens is 307 g/mol. The van der Waals surface area contributed by atoms with Crippen LogP contribution in [0.5, 0.6) is 0 Å². The standard InChI is InChI=1S/C7H6ClF5N2O2S/c8-18(16,17)5-3-14-15(4-5)2-1-6(9,10)7(11,12)13/h3-4H,1-2H2. The van der Waals surface area contributed by atoms with Gasteiger partial charge in [0.25, 0.3) is 9.05 Å². The Hall–Kier alpha value is -0.900. The van der Waals surface area contributed by atoms with Gasteiger partial charge in [-0.05, 0) is 0 Å². The minimum absolute atomic E-state index is 0.473. The number of halogens is 6. The zero-order chi connectivity index (χ0) is 14.2. The van der Waals surface area contributed by atoms with Crippen molar-refractivity contribution >= 4 is 19.7 Å². The quantitative estimate of drug-likeness (QED) is 0.633. The molecule has 0 atom stereocenters. The van der Waals surface area contributed by atoms with Crippen molar-refractivity contribution in [2.24, 2.45) is 0 Å². The molecule has 0 aromatic carbocycles. The van der Waals surface area contributed by atoms with Gasteiger partial charge in [0, 0.05) is 29.8 Å². The summed E-state index contributed by atoms with van der Waals surface area (Å²) in [5.41, 5.74) is 0. The van der Waals surface area contributed by atoms with Gasteiger partial charge in [-0.2, -0.15) is 27.1 Å². The van der Waals surface area contributed by atoms with Gasteiger partial charge in [-0.25, -0.2) is 8.42 Å². The van der Waals surface area contributed by atoms with E-state index in [1.807, 2.05) is 0 Å². The van der Waals surface area contributed by atoms with Gasteiger partial charge in [0.1, 0.15) is 4.90 Å². The Balaban J connectivity index is 2.74. The molecule has 1 aromatic rings. The zero-order valence-electron chi connectivity index (χ0n) is 8.46. The van der Waals surface area contributed by atoms with Gasteiger partial charge < -0.3 is 0 Å². The largest absolute Gasteiger partial charge is 0.453 e. The molecule has 0 N–H and O–H groups in total. The number of hydrogen-bond donors (Lipinski definition) is 0. The van der Waals surface area contributed by atoms with Gasteiger partial charge in [-0.1, -0.05) is 0 Å². The summed E-state index contributed by atoms with van der Waals surface area (Å²) in [5, 5.41) is 3.32. The Morgan fingerprint density at radius 2 is 1.83 bits per heavy atom. The first-order valence-electron chi connectivity index (χ1n) is 4.35. The van der Waals surface area contributed by atoms with Crippen LogP contribution in [0.3, 0.4) is 0 Å². The molecule has 0 aliphatic carbocycles. The van der Waals surface area contributed by atoms with Gasteiger partial charge in [-0.3, -0.25) is 4.68 Å². The van der Waals surface area contributed by atoms with E-state index in [4.69, 9.17) is 10.7 Å². The molecule has 0 aliphatic heterocycles. The summed E-state index contributed by atoms with van der Waals surface area (Å²) in [7, 11) is 0.840. The Morgan fingerprint density at radius 3 is 2.22 bits per heavy atom. The molecule has 0 spiro atoms. The zero-order valence-corrected chi connectivity index (χ0v) is 10.0. The smallest absolute Gasteiger partial charge is 0.271 e. The summed E-state index contributed by atoms with van der Waals surface area (Å²) >= 11 is 0. The molecule has 0 aliphatic rings. The maximum absolute atomic E-state index is 12.5. The van der Waals surface area contributed by atoms with E-state index in [0.29, 0.717) is 4.68 Å². The van der Waals surface area contributed by atoms with Gasteiger partial charge in [0.15, 0.2) is 0 Å². The molecule has 0 amide bonds. The molecule has 11 heteroatoms. The number of rotatable bonds is 4. The number of aryl methyl sites for hydroxylation is 1. The average molecular weight is 313 g/mol. The molecule has 1 heterocycles. The molecule has 104 valence electrons. The van der Waals surface area contributed by atoms with E-state index >= 15 is 0 Å². The van der Waals surface area contributed by atoms with Crippen molar-refractivity contribution in [3.8, 4) is 0 Å². The van der Waals surface area contributed by atoms with Gasteiger partial charge in [0.2, 0.25) is 0 Å². The van der Waals surface area contributed by atoms with Crippen LogP contribution in [0, 0.1) is 0 Å². The third-order valence-corrected chi connectivity index (χ3v) is 3.27. The van der Waals surface area contributed by atoms with E-state index < -0.39 is 39.0 Å². The second-order valence-electron chi connectivity index (χ2n) is 3.33. The van der Waals surface area contributed by atoms with Crippen LogP contribution in [-0.4, -0.2) is 30.3 Å². The number of nitrogens with zero attached hydrogens (tertiary/aromatic N) is 2. The highest BCUT2D eigenvalue weighted by molar-refractivity contribution is 8.13. The van der Waals surface area contributed by atoms with E-state index in [0.717, 1.165) is 12.4 Å². The van der Waals surface area contributed by atoms with E-state index in [2.05, 4.69) is 5.10 Å².